The molecule has 3 aromatic rings. The minimum Gasteiger partial charge on any atom is -0.363 e. The number of nitrogens with zero attached hydrogens (tertiary/aromatic N) is 3. The number of benzene rings is 2. The first-order valence-electron chi connectivity index (χ1n) is 8.51. The van der Waals surface area contributed by atoms with Crippen LogP contribution in [0, 0.1) is 20.8 Å². The van der Waals surface area contributed by atoms with Crippen molar-refractivity contribution < 1.29 is 13.2 Å². The predicted molar refractivity (Wildman–Crippen MR) is 107 cm³/mol. The number of anilines is 1. The Morgan fingerprint density at radius 2 is 1.46 bits per heavy atom. The average molecular weight is 395 g/mol. The number of sulfonamides is 1. The highest BCUT2D eigenvalue weighted by Gasteiger charge is 2.13. The van der Waals surface area contributed by atoms with Crippen molar-refractivity contribution in [2.24, 2.45) is 0 Å². The van der Waals surface area contributed by atoms with Crippen LogP contribution in [0.5, 0.6) is 0 Å². The second-order valence-electron chi connectivity index (χ2n) is 6.36. The summed E-state index contributed by atoms with van der Waals surface area (Å²) in [7, 11) is -3.96. The molecule has 0 saturated heterocycles. The summed E-state index contributed by atoms with van der Waals surface area (Å²) < 4.78 is 28.6. The van der Waals surface area contributed by atoms with Gasteiger partial charge in [0.1, 0.15) is 0 Å². The Bertz CT molecular complexity index is 1090. The fourth-order valence-electron chi connectivity index (χ4n) is 2.53. The van der Waals surface area contributed by atoms with Gasteiger partial charge in [-0.25, -0.2) is 8.42 Å². The van der Waals surface area contributed by atoms with Gasteiger partial charge in [-0.05, 0) is 68.6 Å². The van der Waals surface area contributed by atoms with Crippen LogP contribution < -0.4 is 5.32 Å². The molecule has 1 amide bonds. The van der Waals surface area contributed by atoms with Gasteiger partial charge in [-0.3, -0.25) is 9.52 Å². The third kappa shape index (κ3) is 4.72. The zero-order valence-corrected chi connectivity index (χ0v) is 16.5. The monoisotopic (exact) mass is 395 g/mol. The molecule has 8 heteroatoms. The lowest BCUT2D eigenvalue weighted by molar-refractivity contribution is 0.102. The molecular weight excluding hydrogens is 376 g/mol. The maximum Gasteiger partial charge on any atom is 0.255 e. The van der Waals surface area contributed by atoms with E-state index in [1.165, 1.54) is 24.3 Å². The Hall–Kier alpha value is -3.26. The summed E-state index contributed by atoms with van der Waals surface area (Å²) in [4.78, 5) is 20.3. The molecule has 0 unspecified atom stereocenters. The van der Waals surface area contributed by atoms with E-state index in [2.05, 4.69) is 20.0 Å². The van der Waals surface area contributed by atoms with Gasteiger partial charge in [-0.1, -0.05) is 23.8 Å². The highest BCUT2D eigenvalue weighted by molar-refractivity contribution is 7.94. The summed E-state index contributed by atoms with van der Waals surface area (Å²) in [6.45, 7) is 5.42. The first kappa shape index (κ1) is 19.5. The molecule has 1 aromatic heterocycles. The molecule has 0 aliphatic rings. The number of carbonyl (C=O) groups is 1. The van der Waals surface area contributed by atoms with Gasteiger partial charge in [0.2, 0.25) is 10.0 Å². The molecule has 1 heterocycles. The summed E-state index contributed by atoms with van der Waals surface area (Å²) >= 11 is 0. The molecular formula is C20H19N4O3S-. The van der Waals surface area contributed by atoms with E-state index in [0.717, 1.165) is 5.56 Å². The highest BCUT2D eigenvalue weighted by Crippen LogP contribution is 2.26. The van der Waals surface area contributed by atoms with Crippen LogP contribution in [0.3, 0.4) is 0 Å². The SMILES string of the molecule is Cc1ccc(C(=O)Nc2ccc(S(=O)(=O)[N-]c3nc(C)cc(C)n3)cc2)cc1. The lowest BCUT2D eigenvalue weighted by Crippen LogP contribution is -2.11. The molecule has 144 valence electrons. The Morgan fingerprint density at radius 1 is 0.893 bits per heavy atom. The third-order valence-electron chi connectivity index (χ3n) is 3.90. The molecule has 0 aliphatic heterocycles. The standard InChI is InChI=1S/C20H20N4O3S/c1-13-4-6-16(7-5-13)19(25)23-17-8-10-18(11-9-17)28(26,27)24-20-21-14(2)12-15(3)22-20/h4-12H,1-3H3,(H2,21,22,23,24,25)/p-1. The first-order chi connectivity index (χ1) is 13.2. The van der Waals surface area contributed by atoms with Gasteiger partial charge in [-0.15, -0.1) is 0 Å². The van der Waals surface area contributed by atoms with Crippen molar-refractivity contribution >= 4 is 27.6 Å². The summed E-state index contributed by atoms with van der Waals surface area (Å²) in [6, 6.07) is 14.7. The summed E-state index contributed by atoms with van der Waals surface area (Å²) in [6.07, 6.45) is 0. The summed E-state index contributed by atoms with van der Waals surface area (Å²) in [5.74, 6) is -0.377. The lowest BCUT2D eigenvalue weighted by atomic mass is 10.1. The van der Waals surface area contributed by atoms with E-state index in [1.807, 2.05) is 19.1 Å². The normalized spacial score (nSPS) is 11.1. The van der Waals surface area contributed by atoms with Crippen molar-refractivity contribution in [3.8, 4) is 0 Å². The zero-order valence-electron chi connectivity index (χ0n) is 15.7. The predicted octanol–water partition coefficient (Wildman–Crippen LogP) is 4.05. The van der Waals surface area contributed by atoms with E-state index in [0.29, 0.717) is 22.6 Å². The van der Waals surface area contributed by atoms with E-state index in [9.17, 15) is 13.2 Å². The van der Waals surface area contributed by atoms with Crippen LogP contribution in [0.15, 0.2) is 59.5 Å². The second kappa shape index (κ2) is 7.77. The van der Waals surface area contributed by atoms with E-state index in [-0.39, 0.29) is 16.8 Å². The van der Waals surface area contributed by atoms with Crippen LogP contribution in [-0.2, 0) is 10.0 Å². The number of hydrogen-bond donors (Lipinski definition) is 1. The molecule has 1 N–H and O–H groups in total. The smallest absolute Gasteiger partial charge is 0.255 e. The first-order valence-corrected chi connectivity index (χ1v) is 9.95. The lowest BCUT2D eigenvalue weighted by Gasteiger charge is -2.15. The van der Waals surface area contributed by atoms with Crippen molar-refractivity contribution in [1.29, 1.82) is 0 Å². The summed E-state index contributed by atoms with van der Waals surface area (Å²) in [5.41, 5.74) is 3.32. The van der Waals surface area contributed by atoms with Crippen LogP contribution in [0.2, 0.25) is 0 Å². The maximum absolute atomic E-state index is 12.5. The van der Waals surface area contributed by atoms with Crippen LogP contribution in [0.4, 0.5) is 11.6 Å². The molecule has 0 spiro atoms. The molecule has 0 aliphatic carbocycles. The van der Waals surface area contributed by atoms with E-state index < -0.39 is 10.0 Å². The van der Waals surface area contributed by atoms with Crippen molar-refractivity contribution in [1.82, 2.24) is 9.97 Å². The molecule has 28 heavy (non-hydrogen) atoms. The van der Waals surface area contributed by atoms with Gasteiger partial charge >= 0.3 is 0 Å². The number of aryl methyl sites for hydroxylation is 3. The maximum atomic E-state index is 12.5. The van der Waals surface area contributed by atoms with Crippen LogP contribution >= 0.6 is 0 Å². The zero-order chi connectivity index (χ0) is 20.3. The molecule has 0 atom stereocenters. The van der Waals surface area contributed by atoms with Crippen LogP contribution in [-0.4, -0.2) is 24.3 Å². The van der Waals surface area contributed by atoms with Gasteiger partial charge in [0.15, 0.2) is 0 Å². The molecule has 0 fully saturated rings. The fraction of sp³-hybridized carbons (Fsp3) is 0.150. The van der Waals surface area contributed by atoms with E-state index >= 15 is 0 Å². The largest absolute Gasteiger partial charge is 0.363 e. The second-order valence-corrected chi connectivity index (χ2v) is 7.97. The van der Waals surface area contributed by atoms with Crippen molar-refractivity contribution in [2.45, 2.75) is 25.7 Å². The third-order valence-corrected chi connectivity index (χ3v) is 5.17. The molecule has 0 bridgehead atoms. The Morgan fingerprint density at radius 3 is 2.04 bits per heavy atom. The Labute approximate surface area is 163 Å². The van der Waals surface area contributed by atoms with E-state index in [1.54, 1.807) is 32.0 Å². The topological polar surface area (TPSA) is 103 Å². The number of rotatable bonds is 5. The van der Waals surface area contributed by atoms with Crippen molar-refractivity contribution in [2.75, 3.05) is 5.32 Å². The highest BCUT2D eigenvalue weighted by atomic mass is 32.2. The quantitative estimate of drug-likeness (QED) is 0.702. The number of hydrogen-bond acceptors (Lipinski definition) is 5. The van der Waals surface area contributed by atoms with Gasteiger partial charge in [0, 0.05) is 17.2 Å². The van der Waals surface area contributed by atoms with Crippen molar-refractivity contribution in [3.63, 3.8) is 0 Å². The minimum absolute atomic E-state index is 0.0106. The Kier molecular flexibility index (Phi) is 5.41. The molecule has 3 rings (SSSR count). The fourth-order valence-corrected chi connectivity index (χ4v) is 3.41. The molecule has 0 saturated carbocycles. The number of aromatic nitrogens is 2. The number of amides is 1. The molecule has 2 aromatic carbocycles. The Balaban J connectivity index is 1.73. The summed E-state index contributed by atoms with van der Waals surface area (Å²) in [5, 5.41) is 2.73. The van der Waals surface area contributed by atoms with Gasteiger partial charge in [0.25, 0.3) is 5.91 Å². The van der Waals surface area contributed by atoms with E-state index in [4.69, 9.17) is 0 Å². The van der Waals surface area contributed by atoms with Gasteiger partial charge in [0.05, 0.1) is 4.90 Å². The van der Waals surface area contributed by atoms with Crippen molar-refractivity contribution in [3.05, 3.63) is 81.8 Å². The number of nitrogens with one attached hydrogen (secondary N) is 1. The number of carbonyl (C=O) groups excluding carboxylic acids is 1. The van der Waals surface area contributed by atoms with Gasteiger partial charge < -0.3 is 15.3 Å². The minimum atomic E-state index is -3.96. The average Bonchev–Trinajstić information content (AvgIpc) is 2.61. The van der Waals surface area contributed by atoms with Gasteiger partial charge in [-0.2, -0.15) is 0 Å². The van der Waals surface area contributed by atoms with Crippen LogP contribution in [0.25, 0.3) is 4.72 Å². The van der Waals surface area contributed by atoms with Crippen LogP contribution in [0.1, 0.15) is 27.3 Å². The molecule has 0 radical (unpaired) electrons. The molecule has 7 nitrogen and oxygen atoms in total.